The summed E-state index contributed by atoms with van der Waals surface area (Å²) in [6, 6.07) is 14.9. The Kier molecular flexibility index (Phi) is 2.55. The average molecular weight is 188 g/mol. The lowest BCUT2D eigenvalue weighted by molar-refractivity contribution is 1.18. The minimum absolute atomic E-state index is 0.911. The molecule has 2 aromatic rings. The third-order valence-corrected chi connectivity index (χ3v) is 2.48. The van der Waals surface area contributed by atoms with Crippen molar-refractivity contribution < 1.29 is 0 Å². The predicted octanol–water partition coefficient (Wildman–Crippen LogP) is 3.31. The number of thiol groups is 1. The van der Waals surface area contributed by atoms with Gasteiger partial charge in [-0.25, -0.2) is 0 Å². The van der Waals surface area contributed by atoms with E-state index in [9.17, 15) is 0 Å². The molecule has 0 aromatic heterocycles. The van der Waals surface area contributed by atoms with Gasteiger partial charge in [0.25, 0.3) is 0 Å². The minimum atomic E-state index is 0.911. The second-order valence-corrected chi connectivity index (χ2v) is 3.56. The summed E-state index contributed by atoms with van der Waals surface area (Å²) in [7, 11) is 0. The summed E-state index contributed by atoms with van der Waals surface area (Å²) in [5.41, 5.74) is 1.40. The summed E-state index contributed by atoms with van der Waals surface area (Å²) < 4.78 is 0. The number of hydrogen-bond donors (Lipinski definition) is 1. The van der Waals surface area contributed by atoms with Crippen molar-refractivity contribution in [3.8, 4) is 0 Å². The lowest BCUT2D eigenvalue weighted by Gasteiger charge is -2.03. The maximum Gasteiger partial charge on any atom is -0.00571 e. The Labute approximate surface area is 84.0 Å². The Hall–Kier alpha value is -0.950. The Bertz CT molecular complexity index is 401. The molecule has 0 heterocycles. The van der Waals surface area contributed by atoms with Crippen molar-refractivity contribution in [1.82, 2.24) is 0 Å². The zero-order valence-electron chi connectivity index (χ0n) is 7.40. The maximum absolute atomic E-state index is 4.26. The molecule has 0 atom stereocenters. The Morgan fingerprint density at radius 3 is 2.54 bits per heavy atom. The first-order valence-corrected chi connectivity index (χ1v) is 5.12. The van der Waals surface area contributed by atoms with Crippen LogP contribution in [0.1, 0.15) is 5.56 Å². The van der Waals surface area contributed by atoms with Gasteiger partial charge in [0.15, 0.2) is 0 Å². The minimum Gasteiger partial charge on any atom is -0.179 e. The standard InChI is InChI=1S/C12H12S/c13-9-8-11-6-3-5-10-4-1-2-7-12(10)11/h1-7,13H,8-9H2. The van der Waals surface area contributed by atoms with Crippen LogP contribution in [0.5, 0.6) is 0 Å². The van der Waals surface area contributed by atoms with Gasteiger partial charge in [0.05, 0.1) is 0 Å². The second-order valence-electron chi connectivity index (χ2n) is 3.11. The maximum atomic E-state index is 4.26. The highest BCUT2D eigenvalue weighted by Gasteiger charge is 1.97. The molecule has 0 radical (unpaired) electrons. The number of aryl methyl sites for hydroxylation is 1. The van der Waals surface area contributed by atoms with Crippen molar-refractivity contribution in [2.45, 2.75) is 6.42 Å². The van der Waals surface area contributed by atoms with Crippen LogP contribution in [-0.4, -0.2) is 5.75 Å². The molecule has 0 spiro atoms. The molecule has 0 aliphatic heterocycles. The van der Waals surface area contributed by atoms with Crippen LogP contribution in [-0.2, 0) is 6.42 Å². The fraction of sp³-hybridized carbons (Fsp3) is 0.167. The van der Waals surface area contributed by atoms with E-state index < -0.39 is 0 Å². The molecule has 66 valence electrons. The smallest absolute Gasteiger partial charge is 0.00571 e. The topological polar surface area (TPSA) is 0 Å². The molecule has 0 nitrogen and oxygen atoms in total. The van der Waals surface area contributed by atoms with Crippen molar-refractivity contribution in [3.63, 3.8) is 0 Å². The molecule has 2 rings (SSSR count). The molecule has 0 N–H and O–H groups in total. The number of hydrogen-bond acceptors (Lipinski definition) is 1. The Morgan fingerprint density at radius 2 is 1.69 bits per heavy atom. The summed E-state index contributed by atoms with van der Waals surface area (Å²) >= 11 is 4.26. The van der Waals surface area contributed by atoms with Crippen LogP contribution in [0.25, 0.3) is 10.8 Å². The average Bonchev–Trinajstić information content (AvgIpc) is 2.19. The van der Waals surface area contributed by atoms with Crippen LogP contribution in [0.4, 0.5) is 0 Å². The number of fused-ring (bicyclic) bond motifs is 1. The van der Waals surface area contributed by atoms with E-state index in [4.69, 9.17) is 0 Å². The van der Waals surface area contributed by atoms with Gasteiger partial charge < -0.3 is 0 Å². The zero-order valence-corrected chi connectivity index (χ0v) is 8.30. The molecule has 13 heavy (non-hydrogen) atoms. The molecule has 0 fully saturated rings. The lowest BCUT2D eigenvalue weighted by atomic mass is 10.0. The van der Waals surface area contributed by atoms with Gasteiger partial charge >= 0.3 is 0 Å². The molecule has 1 heteroatoms. The van der Waals surface area contributed by atoms with Crippen LogP contribution < -0.4 is 0 Å². The van der Waals surface area contributed by atoms with Gasteiger partial charge in [0.1, 0.15) is 0 Å². The molecular formula is C12H12S. The van der Waals surface area contributed by atoms with Crippen molar-refractivity contribution >= 4 is 23.4 Å². The van der Waals surface area contributed by atoms with E-state index in [1.54, 1.807) is 0 Å². The monoisotopic (exact) mass is 188 g/mol. The third kappa shape index (κ3) is 1.70. The highest BCUT2D eigenvalue weighted by molar-refractivity contribution is 7.80. The van der Waals surface area contributed by atoms with Crippen LogP contribution in [0.2, 0.25) is 0 Å². The van der Waals surface area contributed by atoms with E-state index in [1.165, 1.54) is 16.3 Å². The summed E-state index contributed by atoms with van der Waals surface area (Å²) in [6.07, 6.45) is 1.05. The molecule has 0 saturated carbocycles. The summed E-state index contributed by atoms with van der Waals surface area (Å²) in [5, 5.41) is 2.68. The second kappa shape index (κ2) is 3.84. The first-order chi connectivity index (χ1) is 6.42. The molecule has 0 amide bonds. The molecule has 0 aliphatic rings. The number of benzene rings is 2. The number of rotatable bonds is 2. The normalized spacial score (nSPS) is 10.5. The molecule has 0 saturated heterocycles. The van der Waals surface area contributed by atoms with Crippen LogP contribution in [0, 0.1) is 0 Å². The largest absolute Gasteiger partial charge is 0.179 e. The van der Waals surface area contributed by atoms with Gasteiger partial charge in [-0.1, -0.05) is 42.5 Å². The van der Waals surface area contributed by atoms with Crippen molar-refractivity contribution in [2.24, 2.45) is 0 Å². The van der Waals surface area contributed by atoms with Gasteiger partial charge in [-0.2, -0.15) is 12.6 Å². The molecule has 0 unspecified atom stereocenters. The van der Waals surface area contributed by atoms with Gasteiger partial charge in [0.2, 0.25) is 0 Å². The SMILES string of the molecule is SCCc1cccc2ccccc12. The molecule has 0 bridgehead atoms. The van der Waals surface area contributed by atoms with E-state index in [1.807, 2.05) is 0 Å². The lowest BCUT2D eigenvalue weighted by Crippen LogP contribution is -1.87. The van der Waals surface area contributed by atoms with Crippen molar-refractivity contribution in [1.29, 1.82) is 0 Å². The quantitative estimate of drug-likeness (QED) is 0.687. The van der Waals surface area contributed by atoms with Crippen LogP contribution >= 0.6 is 12.6 Å². The Balaban J connectivity index is 2.61. The van der Waals surface area contributed by atoms with Gasteiger partial charge in [0, 0.05) is 0 Å². The highest BCUT2D eigenvalue weighted by atomic mass is 32.1. The predicted molar refractivity (Wildman–Crippen MR) is 61.5 cm³/mol. The van der Waals surface area contributed by atoms with Crippen molar-refractivity contribution in [3.05, 3.63) is 48.0 Å². The summed E-state index contributed by atoms with van der Waals surface area (Å²) in [6.45, 7) is 0. The summed E-state index contributed by atoms with van der Waals surface area (Å²) in [4.78, 5) is 0. The van der Waals surface area contributed by atoms with E-state index in [2.05, 4.69) is 55.1 Å². The first kappa shape index (κ1) is 8.64. The van der Waals surface area contributed by atoms with E-state index >= 15 is 0 Å². The van der Waals surface area contributed by atoms with Crippen LogP contribution in [0.15, 0.2) is 42.5 Å². The molecule has 0 aliphatic carbocycles. The van der Waals surface area contributed by atoms with Crippen molar-refractivity contribution in [2.75, 3.05) is 5.75 Å². The third-order valence-electron chi connectivity index (χ3n) is 2.26. The molecule has 2 aromatic carbocycles. The van der Waals surface area contributed by atoms with E-state index in [0.717, 1.165) is 12.2 Å². The van der Waals surface area contributed by atoms with E-state index in [0.29, 0.717) is 0 Å². The van der Waals surface area contributed by atoms with Gasteiger partial charge in [-0.3, -0.25) is 0 Å². The zero-order chi connectivity index (χ0) is 9.10. The van der Waals surface area contributed by atoms with Gasteiger partial charge in [-0.05, 0) is 28.5 Å². The fourth-order valence-electron chi connectivity index (χ4n) is 1.63. The highest BCUT2D eigenvalue weighted by Crippen LogP contribution is 2.18. The fourth-order valence-corrected chi connectivity index (χ4v) is 1.87. The van der Waals surface area contributed by atoms with E-state index in [-0.39, 0.29) is 0 Å². The first-order valence-electron chi connectivity index (χ1n) is 4.49. The summed E-state index contributed by atoms with van der Waals surface area (Å²) in [5.74, 6) is 0.911. The molecular weight excluding hydrogens is 176 g/mol. The van der Waals surface area contributed by atoms with Crippen LogP contribution in [0.3, 0.4) is 0 Å². The Morgan fingerprint density at radius 1 is 0.923 bits per heavy atom. The van der Waals surface area contributed by atoms with Gasteiger partial charge in [-0.15, -0.1) is 0 Å².